The van der Waals surface area contributed by atoms with Crippen molar-refractivity contribution in [1.29, 1.82) is 0 Å². The Bertz CT molecular complexity index is 214. The van der Waals surface area contributed by atoms with Gasteiger partial charge in [0.2, 0.25) is 5.91 Å². The molecule has 0 saturated heterocycles. The number of unbranched alkanes of at least 4 members (excludes halogenated alkanes) is 2. The van der Waals surface area contributed by atoms with Crippen LogP contribution in [0, 0.1) is 5.41 Å². The van der Waals surface area contributed by atoms with Gasteiger partial charge in [0.1, 0.15) is 0 Å². The van der Waals surface area contributed by atoms with E-state index < -0.39 is 0 Å². The van der Waals surface area contributed by atoms with Crippen LogP contribution in [0.3, 0.4) is 0 Å². The van der Waals surface area contributed by atoms with Crippen molar-refractivity contribution in [2.75, 3.05) is 6.54 Å². The fourth-order valence-corrected chi connectivity index (χ4v) is 1.84. The van der Waals surface area contributed by atoms with Gasteiger partial charge in [0, 0.05) is 6.54 Å². The Kier molecular flexibility index (Phi) is 8.23. The lowest BCUT2D eigenvalue weighted by molar-refractivity contribution is -0.123. The molecule has 0 aliphatic carbocycles. The third kappa shape index (κ3) is 8.19. The van der Waals surface area contributed by atoms with Crippen LogP contribution in [-0.4, -0.2) is 18.5 Å². The van der Waals surface area contributed by atoms with Gasteiger partial charge in [0.25, 0.3) is 0 Å². The van der Waals surface area contributed by atoms with Gasteiger partial charge < -0.3 is 11.1 Å². The average molecular weight is 242 g/mol. The van der Waals surface area contributed by atoms with E-state index in [-0.39, 0.29) is 17.4 Å². The number of carbonyl (C=O) groups is 1. The van der Waals surface area contributed by atoms with Crippen LogP contribution in [-0.2, 0) is 4.79 Å². The second kappa shape index (κ2) is 8.51. The Labute approximate surface area is 107 Å². The van der Waals surface area contributed by atoms with Crippen LogP contribution < -0.4 is 11.1 Å². The lowest BCUT2D eigenvalue weighted by Crippen LogP contribution is -2.44. The second-order valence-corrected chi connectivity index (χ2v) is 5.73. The molecule has 0 spiro atoms. The van der Waals surface area contributed by atoms with E-state index in [0.29, 0.717) is 0 Å². The maximum Gasteiger partial charge on any atom is 0.236 e. The highest BCUT2D eigenvalue weighted by molar-refractivity contribution is 5.81. The normalized spacial score (nSPS) is 13.5. The Morgan fingerprint density at radius 2 is 1.88 bits per heavy atom. The van der Waals surface area contributed by atoms with E-state index >= 15 is 0 Å². The summed E-state index contributed by atoms with van der Waals surface area (Å²) < 4.78 is 0. The van der Waals surface area contributed by atoms with Gasteiger partial charge in [0.15, 0.2) is 0 Å². The molecule has 102 valence electrons. The Balaban J connectivity index is 3.87. The van der Waals surface area contributed by atoms with E-state index in [1.807, 2.05) is 6.92 Å². The van der Waals surface area contributed by atoms with E-state index in [1.165, 1.54) is 19.3 Å². The number of nitrogens with two attached hydrogens (primary N) is 1. The van der Waals surface area contributed by atoms with Crippen LogP contribution >= 0.6 is 0 Å². The van der Waals surface area contributed by atoms with Crippen LogP contribution in [0.4, 0.5) is 0 Å². The summed E-state index contributed by atoms with van der Waals surface area (Å²) in [6, 6.07) is -0.341. The van der Waals surface area contributed by atoms with Crippen molar-refractivity contribution in [2.24, 2.45) is 11.1 Å². The molecule has 1 amide bonds. The van der Waals surface area contributed by atoms with Gasteiger partial charge in [0.05, 0.1) is 6.04 Å². The molecule has 3 nitrogen and oxygen atoms in total. The minimum Gasteiger partial charge on any atom is -0.354 e. The Hall–Kier alpha value is -0.570. The standard InChI is InChI=1S/C14H30N2O/c1-5-7-8-10-14(3,4)11-16-13(17)12(15)9-6-2/h12H,5-11,15H2,1-4H3,(H,16,17)/t12-/m0/s1. The van der Waals surface area contributed by atoms with Crippen LogP contribution in [0.25, 0.3) is 0 Å². The summed E-state index contributed by atoms with van der Waals surface area (Å²) in [6.45, 7) is 9.38. The van der Waals surface area contributed by atoms with Gasteiger partial charge in [-0.05, 0) is 18.3 Å². The number of rotatable bonds is 9. The number of carbonyl (C=O) groups excluding carboxylic acids is 1. The zero-order valence-corrected chi connectivity index (χ0v) is 12.0. The summed E-state index contributed by atoms with van der Waals surface area (Å²) in [5.74, 6) is -0.00424. The summed E-state index contributed by atoms with van der Waals surface area (Å²) >= 11 is 0. The van der Waals surface area contributed by atoms with E-state index in [9.17, 15) is 4.79 Å². The van der Waals surface area contributed by atoms with E-state index in [1.54, 1.807) is 0 Å². The van der Waals surface area contributed by atoms with Gasteiger partial charge in [-0.2, -0.15) is 0 Å². The largest absolute Gasteiger partial charge is 0.354 e. The molecule has 17 heavy (non-hydrogen) atoms. The van der Waals surface area contributed by atoms with Crippen molar-refractivity contribution >= 4 is 5.91 Å². The maximum absolute atomic E-state index is 11.7. The van der Waals surface area contributed by atoms with E-state index in [0.717, 1.165) is 25.8 Å². The molecule has 1 atom stereocenters. The topological polar surface area (TPSA) is 55.1 Å². The van der Waals surface area contributed by atoms with Crippen molar-refractivity contribution in [1.82, 2.24) is 5.32 Å². The SMILES string of the molecule is CCCCCC(C)(C)CNC(=O)[C@@H](N)CCC. The molecule has 0 aromatic rings. The van der Waals surface area contributed by atoms with Gasteiger partial charge in [-0.1, -0.05) is 53.4 Å². The smallest absolute Gasteiger partial charge is 0.236 e. The van der Waals surface area contributed by atoms with Gasteiger partial charge >= 0.3 is 0 Å². The van der Waals surface area contributed by atoms with Gasteiger partial charge in [-0.25, -0.2) is 0 Å². The molecule has 0 aromatic carbocycles. The highest BCUT2D eigenvalue weighted by Gasteiger charge is 2.20. The molecule has 3 N–H and O–H groups in total. The predicted octanol–water partition coefficient (Wildman–Crippen LogP) is 2.84. The zero-order chi connectivity index (χ0) is 13.3. The molecule has 0 rings (SSSR count). The molecular formula is C14H30N2O. The first-order chi connectivity index (χ1) is 7.93. The third-order valence-corrected chi connectivity index (χ3v) is 3.13. The number of amides is 1. The Morgan fingerprint density at radius 3 is 2.41 bits per heavy atom. The maximum atomic E-state index is 11.7. The molecule has 0 fully saturated rings. The average Bonchev–Trinajstić information content (AvgIpc) is 2.26. The van der Waals surface area contributed by atoms with Crippen LogP contribution in [0.15, 0.2) is 0 Å². The van der Waals surface area contributed by atoms with Crippen LogP contribution in [0.1, 0.15) is 66.2 Å². The molecule has 0 aliphatic heterocycles. The minimum atomic E-state index is -0.341. The molecule has 0 unspecified atom stereocenters. The van der Waals surface area contributed by atoms with Crippen molar-refractivity contribution in [3.05, 3.63) is 0 Å². The molecule has 0 aromatic heterocycles. The summed E-state index contributed by atoms with van der Waals surface area (Å²) in [5.41, 5.74) is 5.94. The van der Waals surface area contributed by atoms with E-state index in [2.05, 4.69) is 26.1 Å². The summed E-state index contributed by atoms with van der Waals surface area (Å²) in [7, 11) is 0. The van der Waals surface area contributed by atoms with Crippen molar-refractivity contribution in [3.8, 4) is 0 Å². The highest BCUT2D eigenvalue weighted by Crippen LogP contribution is 2.22. The van der Waals surface area contributed by atoms with E-state index in [4.69, 9.17) is 5.73 Å². The molecule has 0 bridgehead atoms. The summed E-state index contributed by atoms with van der Waals surface area (Å²) in [5, 5.41) is 2.97. The lowest BCUT2D eigenvalue weighted by Gasteiger charge is -2.25. The molecular weight excluding hydrogens is 212 g/mol. The molecule has 0 saturated carbocycles. The van der Waals surface area contributed by atoms with Crippen molar-refractivity contribution < 1.29 is 4.79 Å². The zero-order valence-electron chi connectivity index (χ0n) is 12.0. The first kappa shape index (κ1) is 16.4. The predicted molar refractivity (Wildman–Crippen MR) is 73.8 cm³/mol. The number of hydrogen-bond donors (Lipinski definition) is 2. The quantitative estimate of drug-likeness (QED) is 0.611. The molecule has 3 heteroatoms. The van der Waals surface area contributed by atoms with Crippen LogP contribution in [0.2, 0.25) is 0 Å². The fourth-order valence-electron chi connectivity index (χ4n) is 1.84. The monoisotopic (exact) mass is 242 g/mol. The first-order valence-corrected chi connectivity index (χ1v) is 6.96. The van der Waals surface area contributed by atoms with Crippen molar-refractivity contribution in [3.63, 3.8) is 0 Å². The van der Waals surface area contributed by atoms with Crippen LogP contribution in [0.5, 0.6) is 0 Å². The molecule has 0 heterocycles. The molecule has 0 aliphatic rings. The third-order valence-electron chi connectivity index (χ3n) is 3.13. The Morgan fingerprint density at radius 1 is 1.24 bits per heavy atom. The van der Waals surface area contributed by atoms with Gasteiger partial charge in [-0.3, -0.25) is 4.79 Å². The molecule has 0 radical (unpaired) electrons. The summed E-state index contributed by atoms with van der Waals surface area (Å²) in [4.78, 5) is 11.7. The van der Waals surface area contributed by atoms with Gasteiger partial charge in [-0.15, -0.1) is 0 Å². The fraction of sp³-hybridized carbons (Fsp3) is 0.929. The highest BCUT2D eigenvalue weighted by atomic mass is 16.2. The number of nitrogens with one attached hydrogen (secondary N) is 1. The van der Waals surface area contributed by atoms with Crippen molar-refractivity contribution in [2.45, 2.75) is 72.3 Å². The lowest BCUT2D eigenvalue weighted by atomic mass is 9.87. The summed E-state index contributed by atoms with van der Waals surface area (Å²) in [6.07, 6.45) is 6.62. The first-order valence-electron chi connectivity index (χ1n) is 6.96. The number of hydrogen-bond acceptors (Lipinski definition) is 2. The second-order valence-electron chi connectivity index (χ2n) is 5.73. The minimum absolute atomic E-state index is 0.00424.